The van der Waals surface area contributed by atoms with Crippen molar-refractivity contribution in [3.05, 3.63) is 0 Å². The molecule has 0 amide bonds. The third-order valence-corrected chi connectivity index (χ3v) is 3.31. The molecule has 0 aromatic carbocycles. The molecule has 4 nitrogen and oxygen atoms in total. The maximum absolute atomic E-state index is 10.3. The van der Waals surface area contributed by atoms with Crippen LogP contribution < -0.4 is 0 Å². The first-order chi connectivity index (χ1) is 6.65. The van der Waals surface area contributed by atoms with E-state index >= 15 is 0 Å². The van der Waals surface area contributed by atoms with Crippen molar-refractivity contribution in [3.8, 4) is 0 Å². The average Bonchev–Trinajstić information content (AvgIpc) is 1.97. The lowest BCUT2D eigenvalue weighted by Gasteiger charge is -2.51. The highest BCUT2D eigenvalue weighted by Gasteiger charge is 2.37. The van der Waals surface area contributed by atoms with Crippen LogP contribution in [0.3, 0.4) is 0 Å². The number of carbonyl (C=O) groups is 1. The van der Waals surface area contributed by atoms with E-state index in [0.29, 0.717) is 12.3 Å². The molecule has 2 aliphatic heterocycles. The Morgan fingerprint density at radius 3 is 2.50 bits per heavy atom. The molecule has 2 fully saturated rings. The maximum atomic E-state index is 10.3. The van der Waals surface area contributed by atoms with Crippen LogP contribution in [-0.4, -0.2) is 60.1 Å². The fourth-order valence-corrected chi connectivity index (χ4v) is 2.32. The van der Waals surface area contributed by atoms with Crippen molar-refractivity contribution < 1.29 is 9.90 Å². The summed E-state index contributed by atoms with van der Waals surface area (Å²) in [5, 5.41) is 8.53. The lowest BCUT2D eigenvalue weighted by molar-refractivity contribution is -0.137. The minimum absolute atomic E-state index is 0.336. The zero-order chi connectivity index (χ0) is 10.1. The lowest BCUT2D eigenvalue weighted by Crippen LogP contribution is -2.64. The molecule has 2 saturated heterocycles. The zero-order valence-electron chi connectivity index (χ0n) is 8.65. The van der Waals surface area contributed by atoms with Crippen LogP contribution in [0.1, 0.15) is 12.8 Å². The van der Waals surface area contributed by atoms with E-state index in [1.165, 1.54) is 13.1 Å². The first kappa shape index (κ1) is 9.93. The van der Waals surface area contributed by atoms with E-state index < -0.39 is 5.97 Å². The second kappa shape index (κ2) is 3.87. The molecule has 2 aliphatic rings. The van der Waals surface area contributed by atoms with Crippen molar-refractivity contribution in [1.82, 2.24) is 9.80 Å². The highest BCUT2D eigenvalue weighted by atomic mass is 16.4. The number of likely N-dealkylation sites (N-methyl/N-ethyl adjacent to an activating group) is 1. The Balaban J connectivity index is 1.58. The third kappa shape index (κ3) is 2.07. The van der Waals surface area contributed by atoms with Gasteiger partial charge in [-0.05, 0) is 19.4 Å². The maximum Gasteiger partial charge on any atom is 0.303 e. The molecule has 14 heavy (non-hydrogen) atoms. The smallest absolute Gasteiger partial charge is 0.303 e. The van der Waals surface area contributed by atoms with Crippen molar-refractivity contribution in [1.29, 1.82) is 0 Å². The van der Waals surface area contributed by atoms with E-state index in [4.69, 9.17) is 5.11 Å². The standard InChI is InChI=1S/C10H18N2O2/c1-11-6-9(7-11)12-4-8(5-12)2-3-10(13)14/h8-9H,2-7H2,1H3,(H,13,14). The Morgan fingerprint density at radius 2 is 2.00 bits per heavy atom. The molecule has 2 rings (SSSR count). The predicted octanol–water partition coefficient (Wildman–Crippen LogP) is 0.0970. The number of likely N-dealkylation sites (tertiary alicyclic amines) is 2. The summed E-state index contributed by atoms with van der Waals surface area (Å²) in [4.78, 5) is 15.1. The Kier molecular flexibility index (Phi) is 2.74. The molecule has 0 atom stereocenters. The van der Waals surface area contributed by atoms with Gasteiger partial charge in [0.2, 0.25) is 0 Å². The summed E-state index contributed by atoms with van der Waals surface area (Å²) in [5.74, 6) is -0.0242. The quantitative estimate of drug-likeness (QED) is 0.695. The number of carboxylic acid groups (broad SMARTS) is 1. The van der Waals surface area contributed by atoms with E-state index in [-0.39, 0.29) is 0 Å². The molecule has 0 unspecified atom stereocenters. The summed E-state index contributed by atoms with van der Waals surface area (Å²) in [7, 11) is 2.14. The van der Waals surface area contributed by atoms with Crippen LogP contribution in [0.25, 0.3) is 0 Å². The van der Waals surface area contributed by atoms with Gasteiger partial charge in [-0.2, -0.15) is 0 Å². The van der Waals surface area contributed by atoms with Gasteiger partial charge in [-0.15, -0.1) is 0 Å². The van der Waals surface area contributed by atoms with Crippen LogP contribution in [0.15, 0.2) is 0 Å². The van der Waals surface area contributed by atoms with Crippen molar-refractivity contribution in [2.24, 2.45) is 5.92 Å². The SMILES string of the molecule is CN1CC(N2CC(CCC(=O)O)C2)C1. The minimum atomic E-state index is -0.660. The molecule has 2 heterocycles. The first-order valence-corrected chi connectivity index (χ1v) is 5.29. The van der Waals surface area contributed by atoms with Crippen LogP contribution in [0.2, 0.25) is 0 Å². The van der Waals surface area contributed by atoms with Crippen LogP contribution in [0.5, 0.6) is 0 Å². The molecule has 4 heteroatoms. The van der Waals surface area contributed by atoms with Gasteiger partial charge in [-0.3, -0.25) is 9.69 Å². The number of nitrogens with zero attached hydrogens (tertiary/aromatic N) is 2. The Hall–Kier alpha value is -0.610. The van der Waals surface area contributed by atoms with Gasteiger partial charge >= 0.3 is 5.97 Å². The molecule has 0 aliphatic carbocycles. The number of aliphatic carboxylic acids is 1. The van der Waals surface area contributed by atoms with Gasteiger partial charge in [-0.25, -0.2) is 0 Å². The van der Waals surface area contributed by atoms with Crippen molar-refractivity contribution in [3.63, 3.8) is 0 Å². The number of hydrogen-bond donors (Lipinski definition) is 1. The lowest BCUT2D eigenvalue weighted by atomic mass is 9.91. The molecular formula is C10H18N2O2. The Morgan fingerprint density at radius 1 is 1.36 bits per heavy atom. The molecular weight excluding hydrogens is 180 g/mol. The molecule has 80 valence electrons. The van der Waals surface area contributed by atoms with Gasteiger partial charge in [0.15, 0.2) is 0 Å². The van der Waals surface area contributed by atoms with Crippen LogP contribution in [0.4, 0.5) is 0 Å². The topological polar surface area (TPSA) is 43.8 Å². The van der Waals surface area contributed by atoms with E-state index in [9.17, 15) is 4.79 Å². The van der Waals surface area contributed by atoms with Gasteiger partial charge < -0.3 is 10.0 Å². The van der Waals surface area contributed by atoms with Gasteiger partial charge in [0.05, 0.1) is 0 Å². The first-order valence-electron chi connectivity index (χ1n) is 5.29. The molecule has 0 aromatic heterocycles. The molecule has 0 aromatic rings. The predicted molar refractivity (Wildman–Crippen MR) is 53.2 cm³/mol. The van der Waals surface area contributed by atoms with Crippen molar-refractivity contribution in [2.45, 2.75) is 18.9 Å². The van der Waals surface area contributed by atoms with Gasteiger partial charge in [0.25, 0.3) is 0 Å². The van der Waals surface area contributed by atoms with Crippen LogP contribution >= 0.6 is 0 Å². The molecule has 0 bridgehead atoms. The molecule has 1 N–H and O–H groups in total. The Labute approximate surface area is 84.5 Å². The summed E-state index contributed by atoms with van der Waals surface area (Å²) >= 11 is 0. The summed E-state index contributed by atoms with van der Waals surface area (Å²) in [5.41, 5.74) is 0. The fraction of sp³-hybridized carbons (Fsp3) is 0.900. The fourth-order valence-electron chi connectivity index (χ4n) is 2.32. The molecule has 0 radical (unpaired) electrons. The second-order valence-corrected chi connectivity index (χ2v) is 4.63. The average molecular weight is 198 g/mol. The summed E-state index contributed by atoms with van der Waals surface area (Å²) in [6, 6.07) is 0.751. The normalized spacial score (nSPS) is 25.8. The minimum Gasteiger partial charge on any atom is -0.481 e. The number of carboxylic acids is 1. The second-order valence-electron chi connectivity index (χ2n) is 4.63. The zero-order valence-corrected chi connectivity index (χ0v) is 8.65. The van der Waals surface area contributed by atoms with Gasteiger partial charge in [0.1, 0.15) is 0 Å². The third-order valence-electron chi connectivity index (χ3n) is 3.31. The highest BCUT2D eigenvalue weighted by molar-refractivity contribution is 5.66. The van der Waals surface area contributed by atoms with Gasteiger partial charge in [0, 0.05) is 38.6 Å². The summed E-state index contributed by atoms with van der Waals surface area (Å²) in [6.07, 6.45) is 1.19. The molecule has 0 saturated carbocycles. The highest BCUT2D eigenvalue weighted by Crippen LogP contribution is 2.26. The number of rotatable bonds is 4. The van der Waals surface area contributed by atoms with Crippen molar-refractivity contribution in [2.75, 3.05) is 33.2 Å². The van der Waals surface area contributed by atoms with Crippen molar-refractivity contribution >= 4 is 5.97 Å². The van der Waals surface area contributed by atoms with Crippen LogP contribution in [0, 0.1) is 5.92 Å². The molecule has 0 spiro atoms. The number of hydrogen-bond acceptors (Lipinski definition) is 3. The largest absolute Gasteiger partial charge is 0.481 e. The van der Waals surface area contributed by atoms with E-state index in [1.807, 2.05) is 0 Å². The Bertz CT molecular complexity index is 220. The van der Waals surface area contributed by atoms with Gasteiger partial charge in [-0.1, -0.05) is 0 Å². The van der Waals surface area contributed by atoms with E-state index in [0.717, 1.165) is 25.6 Å². The monoisotopic (exact) mass is 198 g/mol. The van der Waals surface area contributed by atoms with E-state index in [2.05, 4.69) is 16.8 Å². The van der Waals surface area contributed by atoms with E-state index in [1.54, 1.807) is 0 Å². The summed E-state index contributed by atoms with van der Waals surface area (Å²) < 4.78 is 0. The summed E-state index contributed by atoms with van der Waals surface area (Å²) in [6.45, 7) is 4.61. The van der Waals surface area contributed by atoms with Crippen LogP contribution in [-0.2, 0) is 4.79 Å².